The van der Waals surface area contributed by atoms with Gasteiger partial charge in [0.1, 0.15) is 0 Å². The summed E-state index contributed by atoms with van der Waals surface area (Å²) in [6.45, 7) is 16.5. The first-order valence-corrected chi connectivity index (χ1v) is 16.0. The fourth-order valence-corrected chi connectivity index (χ4v) is 10.3. The van der Waals surface area contributed by atoms with Crippen molar-refractivity contribution in [1.29, 1.82) is 0 Å². The summed E-state index contributed by atoms with van der Waals surface area (Å²) >= 11 is 2.15. The van der Waals surface area contributed by atoms with Gasteiger partial charge in [-0.2, -0.15) is 11.3 Å². The van der Waals surface area contributed by atoms with Gasteiger partial charge in [-0.15, -0.1) is 0 Å². The van der Waals surface area contributed by atoms with Gasteiger partial charge in [-0.25, -0.2) is 0 Å². The molecular formula is C17H32O2SSi2. The van der Waals surface area contributed by atoms with Crippen LogP contribution >= 0.6 is 11.3 Å². The zero-order valence-corrected chi connectivity index (χ0v) is 18.4. The van der Waals surface area contributed by atoms with Gasteiger partial charge >= 0.3 is 0 Å². The van der Waals surface area contributed by atoms with E-state index in [-0.39, 0.29) is 5.41 Å². The molecule has 1 heterocycles. The van der Waals surface area contributed by atoms with Gasteiger partial charge in [0.05, 0.1) is 29.4 Å². The molecule has 0 bridgehead atoms. The fourth-order valence-electron chi connectivity index (χ4n) is 3.76. The van der Waals surface area contributed by atoms with Crippen molar-refractivity contribution in [2.24, 2.45) is 5.41 Å². The smallest absolute Gasteiger partial charge is 0.0907 e. The SMILES string of the molecule is COCC1(COC)Cc2c([Si](C)(C)C)sc([Si](C)(C)C)c2C1. The van der Waals surface area contributed by atoms with E-state index >= 15 is 0 Å². The molecular weight excluding hydrogens is 324 g/mol. The van der Waals surface area contributed by atoms with E-state index in [4.69, 9.17) is 9.47 Å². The van der Waals surface area contributed by atoms with Crippen LogP contribution in [0.4, 0.5) is 0 Å². The summed E-state index contributed by atoms with van der Waals surface area (Å²) in [6.07, 6.45) is 2.29. The molecule has 0 saturated heterocycles. The minimum absolute atomic E-state index is 0.158. The largest absolute Gasteiger partial charge is 0.384 e. The molecule has 0 spiro atoms. The number of thiophene rings is 1. The van der Waals surface area contributed by atoms with Gasteiger partial charge in [-0.05, 0) is 33.0 Å². The predicted molar refractivity (Wildman–Crippen MR) is 104 cm³/mol. The van der Waals surface area contributed by atoms with Gasteiger partial charge < -0.3 is 9.47 Å². The average Bonchev–Trinajstić information content (AvgIpc) is 2.82. The van der Waals surface area contributed by atoms with Crippen molar-refractivity contribution in [2.75, 3.05) is 27.4 Å². The van der Waals surface area contributed by atoms with E-state index in [2.05, 4.69) is 50.6 Å². The lowest BCUT2D eigenvalue weighted by molar-refractivity contribution is 0.0169. The first-order chi connectivity index (χ1) is 10.0. The first-order valence-electron chi connectivity index (χ1n) is 8.17. The number of hydrogen-bond acceptors (Lipinski definition) is 3. The summed E-state index contributed by atoms with van der Waals surface area (Å²) < 4.78 is 14.6. The van der Waals surface area contributed by atoms with Crippen LogP contribution in [0.3, 0.4) is 0 Å². The standard InChI is InChI=1S/C17H32O2SSi2/c1-18-11-17(12-19-2)9-13-14(10-17)16(22(6,7)8)20-15(13)21(3,4)5/h9-12H2,1-8H3. The molecule has 2 nitrogen and oxygen atoms in total. The molecule has 1 aliphatic carbocycles. The Morgan fingerprint density at radius 3 is 1.45 bits per heavy atom. The third kappa shape index (κ3) is 3.43. The van der Waals surface area contributed by atoms with Gasteiger partial charge in [0, 0.05) is 19.6 Å². The molecule has 0 atom stereocenters. The lowest BCUT2D eigenvalue weighted by Gasteiger charge is -2.29. The topological polar surface area (TPSA) is 18.5 Å². The van der Waals surface area contributed by atoms with Crippen LogP contribution in [0.1, 0.15) is 11.1 Å². The monoisotopic (exact) mass is 356 g/mol. The van der Waals surface area contributed by atoms with Gasteiger partial charge in [-0.1, -0.05) is 39.3 Å². The van der Waals surface area contributed by atoms with E-state index in [9.17, 15) is 0 Å². The molecule has 0 radical (unpaired) electrons. The molecule has 0 N–H and O–H groups in total. The van der Waals surface area contributed by atoms with E-state index in [1.54, 1.807) is 20.1 Å². The molecule has 0 aliphatic heterocycles. The number of hydrogen-bond donors (Lipinski definition) is 0. The highest BCUT2D eigenvalue weighted by Gasteiger charge is 2.44. The highest BCUT2D eigenvalue weighted by atomic mass is 32.1. The van der Waals surface area contributed by atoms with Gasteiger partial charge in [0.15, 0.2) is 0 Å². The van der Waals surface area contributed by atoms with Crippen molar-refractivity contribution in [3.05, 3.63) is 11.1 Å². The van der Waals surface area contributed by atoms with Crippen molar-refractivity contribution in [1.82, 2.24) is 0 Å². The lowest BCUT2D eigenvalue weighted by Crippen LogP contribution is -2.42. The molecule has 0 aromatic carbocycles. The van der Waals surface area contributed by atoms with Crippen LogP contribution in [0.5, 0.6) is 0 Å². The van der Waals surface area contributed by atoms with Gasteiger partial charge in [0.2, 0.25) is 0 Å². The van der Waals surface area contributed by atoms with Crippen molar-refractivity contribution < 1.29 is 9.47 Å². The van der Waals surface area contributed by atoms with Crippen LogP contribution in [-0.2, 0) is 22.3 Å². The maximum Gasteiger partial charge on any atom is 0.0907 e. The second-order valence-electron chi connectivity index (χ2n) is 8.94. The Labute approximate surface area is 142 Å². The number of ether oxygens (including phenoxy) is 2. The summed E-state index contributed by atoms with van der Waals surface area (Å²) in [6, 6.07) is 0. The highest BCUT2D eigenvalue weighted by molar-refractivity contribution is 7.35. The average molecular weight is 357 g/mol. The summed E-state index contributed by atoms with van der Waals surface area (Å²) in [5.41, 5.74) is 3.51. The van der Waals surface area contributed by atoms with E-state index < -0.39 is 16.1 Å². The number of rotatable bonds is 6. The second-order valence-corrected chi connectivity index (χ2v) is 20.7. The van der Waals surface area contributed by atoms with Crippen LogP contribution in [0.25, 0.3) is 0 Å². The second kappa shape index (κ2) is 6.17. The zero-order chi connectivity index (χ0) is 16.8. The zero-order valence-electron chi connectivity index (χ0n) is 15.6. The van der Waals surface area contributed by atoms with E-state index in [1.807, 2.05) is 14.2 Å². The fraction of sp³-hybridized carbons (Fsp3) is 0.765. The normalized spacial score (nSPS) is 17.8. The molecule has 1 aliphatic rings. The number of fused-ring (bicyclic) bond motifs is 1. The molecule has 0 fully saturated rings. The van der Waals surface area contributed by atoms with Crippen molar-refractivity contribution >= 4 is 36.5 Å². The third-order valence-electron chi connectivity index (χ3n) is 4.48. The molecule has 2 rings (SSSR count). The van der Waals surface area contributed by atoms with Crippen molar-refractivity contribution in [3.8, 4) is 0 Å². The van der Waals surface area contributed by atoms with E-state index in [0.29, 0.717) is 0 Å². The summed E-state index contributed by atoms with van der Waals surface area (Å²) in [7, 11) is 1.05. The van der Waals surface area contributed by atoms with Crippen LogP contribution in [-0.4, -0.2) is 43.6 Å². The molecule has 0 amide bonds. The molecule has 22 heavy (non-hydrogen) atoms. The van der Waals surface area contributed by atoms with E-state index in [0.717, 1.165) is 26.1 Å². The van der Waals surface area contributed by atoms with Crippen molar-refractivity contribution in [2.45, 2.75) is 52.1 Å². The van der Waals surface area contributed by atoms with Crippen LogP contribution in [0, 0.1) is 5.41 Å². The number of methoxy groups -OCH3 is 2. The summed E-state index contributed by atoms with van der Waals surface area (Å²) in [4.78, 5) is 0. The Kier molecular flexibility index (Phi) is 5.16. The molecule has 0 unspecified atom stereocenters. The molecule has 1 aromatic heterocycles. The third-order valence-corrected chi connectivity index (χ3v) is 13.0. The Bertz CT molecular complexity index is 492. The summed E-state index contributed by atoms with van der Waals surface area (Å²) in [5, 5.41) is 0. The molecule has 0 saturated carbocycles. The molecule has 1 aromatic rings. The highest BCUT2D eigenvalue weighted by Crippen LogP contribution is 2.39. The lowest BCUT2D eigenvalue weighted by atomic mass is 9.87. The predicted octanol–water partition coefficient (Wildman–Crippen LogP) is 3.22. The Morgan fingerprint density at radius 1 is 0.818 bits per heavy atom. The van der Waals surface area contributed by atoms with Crippen LogP contribution in [0.2, 0.25) is 39.3 Å². The van der Waals surface area contributed by atoms with Gasteiger partial charge in [-0.3, -0.25) is 0 Å². The first kappa shape index (κ1) is 18.4. The van der Waals surface area contributed by atoms with Gasteiger partial charge in [0.25, 0.3) is 0 Å². The maximum atomic E-state index is 5.58. The van der Waals surface area contributed by atoms with Crippen molar-refractivity contribution in [3.63, 3.8) is 0 Å². The maximum absolute atomic E-state index is 5.58. The Hall–Kier alpha value is 0.0538. The summed E-state index contributed by atoms with van der Waals surface area (Å²) in [5.74, 6) is 0. The quantitative estimate of drug-likeness (QED) is 0.729. The minimum Gasteiger partial charge on any atom is -0.384 e. The molecule has 126 valence electrons. The van der Waals surface area contributed by atoms with Crippen LogP contribution < -0.4 is 9.00 Å². The minimum atomic E-state index is -1.30. The molecule has 5 heteroatoms. The van der Waals surface area contributed by atoms with Crippen LogP contribution in [0.15, 0.2) is 0 Å². The Balaban J connectivity index is 2.53. The van der Waals surface area contributed by atoms with E-state index in [1.165, 1.54) is 0 Å². The Morgan fingerprint density at radius 2 is 1.18 bits per heavy atom.